The molecule has 0 bridgehead atoms. The van der Waals surface area contributed by atoms with E-state index in [1.165, 1.54) is 56.9 Å². The first-order chi connectivity index (χ1) is 8.88. The number of unbranched alkanes of at least 4 members (excludes halogenated alkanes) is 6. The lowest BCUT2D eigenvalue weighted by Crippen LogP contribution is -1.95. The average molecular weight is 311 g/mol. The summed E-state index contributed by atoms with van der Waals surface area (Å²) in [6.45, 7) is 2.28. The zero-order chi connectivity index (χ0) is 13.1. The Morgan fingerprint density at radius 3 is 1.94 bits per heavy atom. The predicted octanol–water partition coefficient (Wildman–Crippen LogP) is 5.92. The maximum Gasteiger partial charge on any atom is 0.00719 e. The van der Waals surface area contributed by atoms with E-state index in [2.05, 4.69) is 47.1 Å². The van der Waals surface area contributed by atoms with Crippen LogP contribution in [0.5, 0.6) is 0 Å². The van der Waals surface area contributed by atoms with E-state index in [0.29, 0.717) is 0 Å². The van der Waals surface area contributed by atoms with E-state index in [1.807, 2.05) is 0 Å². The molecule has 0 spiro atoms. The van der Waals surface area contributed by atoms with E-state index < -0.39 is 0 Å². The Kier molecular flexibility index (Phi) is 9.28. The van der Waals surface area contributed by atoms with Gasteiger partial charge in [-0.15, -0.1) is 0 Å². The summed E-state index contributed by atoms with van der Waals surface area (Å²) in [5.41, 5.74) is 3.09. The molecule has 0 aromatic heterocycles. The van der Waals surface area contributed by atoms with Gasteiger partial charge >= 0.3 is 0 Å². The highest BCUT2D eigenvalue weighted by Gasteiger charge is 2.00. The van der Waals surface area contributed by atoms with Crippen LogP contribution in [0.2, 0.25) is 0 Å². The molecule has 0 aliphatic heterocycles. The minimum atomic E-state index is 1.07. The minimum Gasteiger partial charge on any atom is -0.0924 e. The summed E-state index contributed by atoms with van der Waals surface area (Å²) in [6.07, 6.45) is 12.2. The van der Waals surface area contributed by atoms with Gasteiger partial charge in [-0.25, -0.2) is 0 Å². The Bertz CT molecular complexity index is 306. The monoisotopic (exact) mass is 310 g/mol. The van der Waals surface area contributed by atoms with Crippen LogP contribution >= 0.6 is 15.9 Å². The molecule has 1 aromatic rings. The van der Waals surface area contributed by atoms with Crippen LogP contribution in [0.25, 0.3) is 0 Å². The Morgan fingerprint density at radius 2 is 1.33 bits per heavy atom. The van der Waals surface area contributed by atoms with Crippen LogP contribution in [0.1, 0.15) is 63.0 Å². The molecule has 1 heteroatoms. The fourth-order valence-corrected chi connectivity index (χ4v) is 2.85. The summed E-state index contributed by atoms with van der Waals surface area (Å²) in [4.78, 5) is 0. The van der Waals surface area contributed by atoms with Crippen LogP contribution in [0.3, 0.4) is 0 Å². The molecular formula is C17H27Br. The first-order valence-electron chi connectivity index (χ1n) is 7.51. The molecule has 0 radical (unpaired) electrons. The van der Waals surface area contributed by atoms with Crippen molar-refractivity contribution in [2.75, 3.05) is 5.33 Å². The zero-order valence-corrected chi connectivity index (χ0v) is 13.3. The number of hydrogen-bond acceptors (Lipinski definition) is 0. The molecule has 0 nitrogen and oxygen atoms in total. The van der Waals surface area contributed by atoms with Crippen molar-refractivity contribution < 1.29 is 0 Å². The molecule has 0 unspecified atom stereocenters. The van der Waals surface area contributed by atoms with E-state index in [9.17, 15) is 0 Å². The standard InChI is InChI=1S/C17H27Br/c1-2-3-4-5-6-7-8-11-16-12-9-10-13-17(16)14-15-18/h9-10,12-13H,2-8,11,14-15H2,1H3. The summed E-state index contributed by atoms with van der Waals surface area (Å²) >= 11 is 3.54. The van der Waals surface area contributed by atoms with E-state index in [1.54, 1.807) is 5.56 Å². The molecule has 1 aromatic carbocycles. The predicted molar refractivity (Wildman–Crippen MR) is 85.6 cm³/mol. The number of hydrogen-bond donors (Lipinski definition) is 0. The summed E-state index contributed by atoms with van der Waals surface area (Å²) in [6, 6.07) is 8.91. The van der Waals surface area contributed by atoms with Crippen LogP contribution in [0.4, 0.5) is 0 Å². The summed E-state index contributed by atoms with van der Waals surface area (Å²) in [5, 5.41) is 1.07. The van der Waals surface area contributed by atoms with Gasteiger partial charge in [0.1, 0.15) is 0 Å². The van der Waals surface area contributed by atoms with Crippen LogP contribution in [-0.4, -0.2) is 5.33 Å². The van der Waals surface area contributed by atoms with E-state index in [4.69, 9.17) is 0 Å². The third-order valence-corrected chi connectivity index (χ3v) is 3.93. The fourth-order valence-electron chi connectivity index (χ4n) is 2.42. The summed E-state index contributed by atoms with van der Waals surface area (Å²) < 4.78 is 0. The van der Waals surface area contributed by atoms with E-state index in [0.717, 1.165) is 11.8 Å². The van der Waals surface area contributed by atoms with Crippen molar-refractivity contribution in [2.45, 2.75) is 64.7 Å². The van der Waals surface area contributed by atoms with Crippen molar-refractivity contribution in [1.29, 1.82) is 0 Å². The molecule has 0 aliphatic rings. The zero-order valence-electron chi connectivity index (χ0n) is 11.8. The van der Waals surface area contributed by atoms with Crippen molar-refractivity contribution in [1.82, 2.24) is 0 Å². The molecule has 18 heavy (non-hydrogen) atoms. The third-order valence-electron chi connectivity index (χ3n) is 3.53. The molecular weight excluding hydrogens is 284 g/mol. The SMILES string of the molecule is CCCCCCCCCc1ccccc1CCBr. The van der Waals surface area contributed by atoms with Gasteiger partial charge in [-0.05, 0) is 30.4 Å². The number of benzene rings is 1. The van der Waals surface area contributed by atoms with Gasteiger partial charge in [-0.1, -0.05) is 85.6 Å². The second-order valence-corrected chi connectivity index (χ2v) is 5.87. The Hall–Kier alpha value is -0.300. The summed E-state index contributed by atoms with van der Waals surface area (Å²) in [7, 11) is 0. The first kappa shape index (κ1) is 15.8. The molecule has 0 heterocycles. The van der Waals surface area contributed by atoms with Crippen molar-refractivity contribution >= 4 is 15.9 Å². The molecule has 0 saturated heterocycles. The number of alkyl halides is 1. The Labute approximate surface area is 121 Å². The number of aryl methyl sites for hydroxylation is 2. The highest BCUT2D eigenvalue weighted by molar-refractivity contribution is 9.09. The lowest BCUT2D eigenvalue weighted by molar-refractivity contribution is 0.589. The lowest BCUT2D eigenvalue weighted by Gasteiger charge is -2.08. The quantitative estimate of drug-likeness (QED) is 0.372. The smallest absolute Gasteiger partial charge is 0.00719 e. The van der Waals surface area contributed by atoms with E-state index >= 15 is 0 Å². The van der Waals surface area contributed by atoms with Gasteiger partial charge in [0.15, 0.2) is 0 Å². The second kappa shape index (κ2) is 10.6. The normalized spacial score (nSPS) is 10.8. The van der Waals surface area contributed by atoms with Gasteiger partial charge in [-0.2, -0.15) is 0 Å². The minimum absolute atomic E-state index is 1.07. The summed E-state index contributed by atoms with van der Waals surface area (Å²) in [5.74, 6) is 0. The molecule has 0 saturated carbocycles. The Morgan fingerprint density at radius 1 is 0.778 bits per heavy atom. The first-order valence-corrected chi connectivity index (χ1v) is 8.63. The number of halogens is 1. The highest BCUT2D eigenvalue weighted by Crippen LogP contribution is 2.15. The molecule has 0 fully saturated rings. The van der Waals surface area contributed by atoms with Gasteiger partial charge in [0, 0.05) is 5.33 Å². The topological polar surface area (TPSA) is 0 Å². The van der Waals surface area contributed by atoms with Crippen LogP contribution in [0, 0.1) is 0 Å². The Balaban J connectivity index is 2.18. The second-order valence-electron chi connectivity index (χ2n) is 5.08. The molecule has 102 valence electrons. The van der Waals surface area contributed by atoms with Crippen LogP contribution in [-0.2, 0) is 12.8 Å². The number of rotatable bonds is 10. The third kappa shape index (κ3) is 6.58. The fraction of sp³-hybridized carbons (Fsp3) is 0.647. The van der Waals surface area contributed by atoms with Gasteiger partial charge in [0.2, 0.25) is 0 Å². The highest BCUT2D eigenvalue weighted by atomic mass is 79.9. The van der Waals surface area contributed by atoms with Crippen LogP contribution < -0.4 is 0 Å². The molecule has 0 aliphatic carbocycles. The average Bonchev–Trinajstić information content (AvgIpc) is 2.40. The van der Waals surface area contributed by atoms with Crippen molar-refractivity contribution in [3.63, 3.8) is 0 Å². The maximum atomic E-state index is 3.54. The molecule has 1 rings (SSSR count). The lowest BCUT2D eigenvalue weighted by atomic mass is 9.99. The van der Waals surface area contributed by atoms with Gasteiger partial charge in [0.05, 0.1) is 0 Å². The van der Waals surface area contributed by atoms with E-state index in [-0.39, 0.29) is 0 Å². The van der Waals surface area contributed by atoms with Crippen LogP contribution in [0.15, 0.2) is 24.3 Å². The van der Waals surface area contributed by atoms with Gasteiger partial charge in [0.25, 0.3) is 0 Å². The van der Waals surface area contributed by atoms with Gasteiger partial charge in [-0.3, -0.25) is 0 Å². The largest absolute Gasteiger partial charge is 0.0924 e. The van der Waals surface area contributed by atoms with Gasteiger partial charge < -0.3 is 0 Å². The molecule has 0 atom stereocenters. The van der Waals surface area contributed by atoms with Crippen molar-refractivity contribution in [3.05, 3.63) is 35.4 Å². The van der Waals surface area contributed by atoms with Crippen molar-refractivity contribution in [2.24, 2.45) is 0 Å². The van der Waals surface area contributed by atoms with Crippen molar-refractivity contribution in [3.8, 4) is 0 Å². The molecule has 0 amide bonds. The maximum absolute atomic E-state index is 3.54. The molecule has 0 N–H and O–H groups in total.